The van der Waals surface area contributed by atoms with Crippen molar-refractivity contribution < 1.29 is 14.6 Å². The first-order chi connectivity index (χ1) is 11.0. The minimum atomic E-state index is -0.613. The van der Waals surface area contributed by atoms with E-state index in [9.17, 15) is 5.11 Å². The largest absolute Gasteiger partial charge is 0.493 e. The standard InChI is InChI=1S/C19H23NO3/c1-18-15(21)7-5-12-13-10-11-4-6-14(22-3)17(23-18)16(11)19(12,18)8-9-20(13)2/h4-7,12-13,15,21H,8-10H2,1-3H3/t12-,13+,15-,18-,19+/m0/s1. The highest BCUT2D eigenvalue weighted by molar-refractivity contribution is 5.63. The number of hydrogen-bond donors (Lipinski definition) is 1. The van der Waals surface area contributed by atoms with Gasteiger partial charge in [-0.25, -0.2) is 0 Å². The molecule has 5 rings (SSSR count). The van der Waals surface area contributed by atoms with Gasteiger partial charge in [0.05, 0.1) is 12.5 Å². The van der Waals surface area contributed by atoms with Crippen LogP contribution in [0.1, 0.15) is 24.5 Å². The average molecular weight is 313 g/mol. The van der Waals surface area contributed by atoms with Gasteiger partial charge in [0.2, 0.25) is 0 Å². The minimum absolute atomic E-state index is 0.143. The Morgan fingerprint density at radius 1 is 1.35 bits per heavy atom. The second kappa shape index (κ2) is 4.11. The summed E-state index contributed by atoms with van der Waals surface area (Å²) in [6.07, 6.45) is 5.64. The molecule has 122 valence electrons. The van der Waals surface area contributed by atoms with E-state index in [0.29, 0.717) is 12.0 Å². The summed E-state index contributed by atoms with van der Waals surface area (Å²) in [6.45, 7) is 3.13. The fraction of sp³-hybridized carbons (Fsp3) is 0.579. The Morgan fingerprint density at radius 2 is 2.17 bits per heavy atom. The van der Waals surface area contributed by atoms with Crippen molar-refractivity contribution in [1.29, 1.82) is 0 Å². The number of aliphatic hydroxyl groups excluding tert-OH is 1. The van der Waals surface area contributed by atoms with Crippen LogP contribution in [0.2, 0.25) is 0 Å². The van der Waals surface area contributed by atoms with Gasteiger partial charge < -0.3 is 19.5 Å². The molecule has 2 aliphatic carbocycles. The summed E-state index contributed by atoms with van der Waals surface area (Å²) >= 11 is 0. The number of piperidine rings is 1. The van der Waals surface area contributed by atoms with Crippen LogP contribution in [0.25, 0.3) is 0 Å². The van der Waals surface area contributed by atoms with Crippen LogP contribution >= 0.6 is 0 Å². The lowest BCUT2D eigenvalue weighted by molar-refractivity contribution is -0.110. The molecule has 2 heterocycles. The number of hydrogen-bond acceptors (Lipinski definition) is 4. The van der Waals surface area contributed by atoms with Gasteiger partial charge in [0.1, 0.15) is 11.7 Å². The Hall–Kier alpha value is -1.52. The smallest absolute Gasteiger partial charge is 0.166 e. The predicted molar refractivity (Wildman–Crippen MR) is 87.1 cm³/mol. The number of nitrogens with zero attached hydrogens (tertiary/aromatic N) is 1. The predicted octanol–water partition coefficient (Wildman–Crippen LogP) is 1.89. The van der Waals surface area contributed by atoms with Crippen molar-refractivity contribution in [3.05, 3.63) is 35.4 Å². The van der Waals surface area contributed by atoms with Gasteiger partial charge in [0.25, 0.3) is 0 Å². The lowest BCUT2D eigenvalue weighted by Gasteiger charge is -2.60. The molecule has 0 saturated carbocycles. The zero-order valence-electron chi connectivity index (χ0n) is 13.9. The van der Waals surface area contributed by atoms with Gasteiger partial charge >= 0.3 is 0 Å². The second-order valence-electron chi connectivity index (χ2n) is 7.67. The van der Waals surface area contributed by atoms with E-state index in [1.807, 2.05) is 12.1 Å². The maximum absolute atomic E-state index is 10.8. The van der Waals surface area contributed by atoms with Gasteiger partial charge in [-0.1, -0.05) is 18.2 Å². The van der Waals surface area contributed by atoms with E-state index in [2.05, 4.69) is 31.0 Å². The van der Waals surface area contributed by atoms with Gasteiger partial charge in [-0.15, -0.1) is 0 Å². The highest BCUT2D eigenvalue weighted by Gasteiger charge is 2.70. The number of ether oxygens (including phenoxy) is 2. The first kappa shape index (κ1) is 13.9. The van der Waals surface area contributed by atoms with Gasteiger partial charge in [-0.2, -0.15) is 0 Å². The van der Waals surface area contributed by atoms with Crippen molar-refractivity contribution in [3.8, 4) is 11.5 Å². The van der Waals surface area contributed by atoms with E-state index in [0.717, 1.165) is 30.9 Å². The molecular weight excluding hydrogens is 290 g/mol. The number of benzene rings is 1. The van der Waals surface area contributed by atoms with Crippen LogP contribution in [0.3, 0.4) is 0 Å². The molecular formula is C19H23NO3. The van der Waals surface area contributed by atoms with Crippen molar-refractivity contribution in [2.24, 2.45) is 5.92 Å². The summed E-state index contributed by atoms with van der Waals surface area (Å²) in [7, 11) is 3.91. The molecule has 2 bridgehead atoms. The van der Waals surface area contributed by atoms with Crippen molar-refractivity contribution in [2.45, 2.75) is 42.9 Å². The lowest BCUT2D eigenvalue weighted by Crippen LogP contribution is -2.70. The molecule has 5 atom stereocenters. The maximum Gasteiger partial charge on any atom is 0.166 e. The van der Waals surface area contributed by atoms with Gasteiger partial charge in [0.15, 0.2) is 11.5 Å². The van der Waals surface area contributed by atoms with Crippen LogP contribution in [-0.4, -0.2) is 48.5 Å². The molecule has 1 N–H and O–H groups in total. The fourth-order valence-corrected chi connectivity index (χ4v) is 5.77. The SMILES string of the molecule is COc1ccc2c3c1O[C@@]1(C)[C@@H](O)C=C[C@H]4[C@@H](C2)N(C)CC[C@]341. The van der Waals surface area contributed by atoms with Crippen molar-refractivity contribution in [3.63, 3.8) is 0 Å². The Labute approximate surface area is 136 Å². The molecule has 1 saturated heterocycles. The molecule has 1 fully saturated rings. The molecule has 1 aromatic carbocycles. The number of likely N-dealkylation sites (tertiary alicyclic amines) is 1. The number of rotatable bonds is 1. The molecule has 0 amide bonds. The van der Waals surface area contributed by atoms with Crippen LogP contribution in [-0.2, 0) is 11.8 Å². The van der Waals surface area contributed by atoms with Crippen molar-refractivity contribution in [2.75, 3.05) is 20.7 Å². The summed E-state index contributed by atoms with van der Waals surface area (Å²) in [5.41, 5.74) is 1.91. The van der Waals surface area contributed by atoms with E-state index in [4.69, 9.17) is 9.47 Å². The van der Waals surface area contributed by atoms with Crippen LogP contribution in [0.15, 0.2) is 24.3 Å². The van der Waals surface area contributed by atoms with Crippen LogP contribution < -0.4 is 9.47 Å². The zero-order valence-corrected chi connectivity index (χ0v) is 13.9. The number of methoxy groups -OCH3 is 1. The van der Waals surface area contributed by atoms with E-state index >= 15 is 0 Å². The van der Waals surface area contributed by atoms with Crippen molar-refractivity contribution >= 4 is 0 Å². The van der Waals surface area contributed by atoms with Gasteiger partial charge in [-0.3, -0.25) is 0 Å². The topological polar surface area (TPSA) is 41.9 Å². The summed E-state index contributed by atoms with van der Waals surface area (Å²) in [6, 6.07) is 4.69. The summed E-state index contributed by atoms with van der Waals surface area (Å²) in [5.74, 6) is 2.04. The van der Waals surface area contributed by atoms with E-state index in [1.165, 1.54) is 11.1 Å². The molecule has 4 heteroatoms. The molecule has 2 aliphatic heterocycles. The Morgan fingerprint density at radius 3 is 2.96 bits per heavy atom. The first-order valence-electron chi connectivity index (χ1n) is 8.49. The van der Waals surface area contributed by atoms with E-state index in [1.54, 1.807) is 7.11 Å². The Balaban J connectivity index is 1.87. The number of aliphatic hydroxyl groups is 1. The summed E-state index contributed by atoms with van der Waals surface area (Å²) < 4.78 is 12.1. The van der Waals surface area contributed by atoms with Gasteiger partial charge in [0, 0.05) is 17.5 Å². The Kier molecular flexibility index (Phi) is 2.48. The lowest BCUT2D eigenvalue weighted by atomic mass is 9.49. The average Bonchev–Trinajstić information content (AvgIpc) is 2.82. The van der Waals surface area contributed by atoms with Gasteiger partial charge in [-0.05, 0) is 45.0 Å². The minimum Gasteiger partial charge on any atom is -0.493 e. The van der Waals surface area contributed by atoms with E-state index in [-0.39, 0.29) is 5.41 Å². The fourth-order valence-electron chi connectivity index (χ4n) is 5.77. The molecule has 1 spiro atoms. The van der Waals surface area contributed by atoms with Crippen molar-refractivity contribution in [1.82, 2.24) is 4.90 Å². The van der Waals surface area contributed by atoms with Crippen LogP contribution in [0.5, 0.6) is 11.5 Å². The molecule has 4 aliphatic rings. The molecule has 4 nitrogen and oxygen atoms in total. The quantitative estimate of drug-likeness (QED) is 0.804. The molecule has 0 radical (unpaired) electrons. The summed E-state index contributed by atoms with van der Waals surface area (Å²) in [5, 5.41) is 10.8. The third kappa shape index (κ3) is 1.33. The third-order valence-corrected chi connectivity index (χ3v) is 6.98. The molecule has 1 aromatic rings. The molecule has 23 heavy (non-hydrogen) atoms. The Bertz CT molecular complexity index is 730. The van der Waals surface area contributed by atoms with E-state index < -0.39 is 11.7 Å². The first-order valence-corrected chi connectivity index (χ1v) is 8.49. The molecule has 0 unspecified atom stereocenters. The van der Waals surface area contributed by atoms with Crippen LogP contribution in [0.4, 0.5) is 0 Å². The van der Waals surface area contributed by atoms with Crippen LogP contribution in [0, 0.1) is 5.92 Å². The summed E-state index contributed by atoms with van der Waals surface area (Å²) in [4.78, 5) is 2.48. The molecule has 0 aromatic heterocycles. The maximum atomic E-state index is 10.8. The third-order valence-electron chi connectivity index (χ3n) is 6.98. The second-order valence-corrected chi connectivity index (χ2v) is 7.67. The monoisotopic (exact) mass is 313 g/mol. The highest BCUT2D eigenvalue weighted by atomic mass is 16.5. The number of likely N-dealkylation sites (N-methyl/N-ethyl adjacent to an activating group) is 1. The normalized spacial score (nSPS) is 43.0. The highest BCUT2D eigenvalue weighted by Crippen LogP contribution is 2.66. The zero-order chi connectivity index (χ0) is 16.0.